The van der Waals surface area contributed by atoms with Crippen molar-refractivity contribution in [2.45, 2.75) is 14.8 Å². The SMILES string of the molecule is [CH3][Sn]([CH3])([CH3])[c]1ccc2c(c1)C(=O)c1ncccc1-2. The molecular weight excluding hydrogens is 329 g/mol. The Labute approximate surface area is 111 Å². The molecule has 0 amide bonds. The first kappa shape index (κ1) is 11.9. The van der Waals surface area contributed by atoms with E-state index in [0.29, 0.717) is 5.69 Å². The number of ketones is 1. The average molecular weight is 344 g/mol. The van der Waals surface area contributed by atoms with Gasteiger partial charge in [0, 0.05) is 0 Å². The van der Waals surface area contributed by atoms with E-state index in [4.69, 9.17) is 0 Å². The molecule has 1 aromatic heterocycles. The van der Waals surface area contributed by atoms with E-state index in [9.17, 15) is 4.79 Å². The van der Waals surface area contributed by atoms with Crippen molar-refractivity contribution in [2.75, 3.05) is 0 Å². The van der Waals surface area contributed by atoms with E-state index in [-0.39, 0.29) is 5.78 Å². The Morgan fingerprint density at radius 3 is 2.50 bits per heavy atom. The number of nitrogens with zero attached hydrogens (tertiary/aromatic N) is 1. The molecule has 0 radical (unpaired) electrons. The summed E-state index contributed by atoms with van der Waals surface area (Å²) in [6, 6.07) is 10.3. The van der Waals surface area contributed by atoms with Gasteiger partial charge < -0.3 is 0 Å². The Morgan fingerprint density at radius 2 is 1.78 bits per heavy atom. The Balaban J connectivity index is 2.23. The minimum atomic E-state index is -2.12. The summed E-state index contributed by atoms with van der Waals surface area (Å²) >= 11 is -2.12. The van der Waals surface area contributed by atoms with Gasteiger partial charge in [0.1, 0.15) is 0 Å². The molecule has 2 nitrogen and oxygen atoms in total. The number of benzene rings is 1. The normalized spacial score (nSPS) is 13.4. The summed E-state index contributed by atoms with van der Waals surface area (Å²) in [6.45, 7) is 0. The van der Waals surface area contributed by atoms with Gasteiger partial charge >= 0.3 is 111 Å². The predicted molar refractivity (Wildman–Crippen MR) is 76.1 cm³/mol. The number of fused-ring (bicyclic) bond motifs is 3. The summed E-state index contributed by atoms with van der Waals surface area (Å²) in [5.41, 5.74) is 3.47. The molecule has 0 bridgehead atoms. The van der Waals surface area contributed by atoms with E-state index in [1.54, 1.807) is 6.20 Å². The third-order valence-corrected chi connectivity index (χ3v) is 9.27. The van der Waals surface area contributed by atoms with Crippen molar-refractivity contribution < 1.29 is 4.79 Å². The summed E-state index contributed by atoms with van der Waals surface area (Å²) in [6.07, 6.45) is 1.69. The Bertz CT molecular complexity index is 656. The first-order chi connectivity index (χ1) is 8.48. The van der Waals surface area contributed by atoms with Crippen LogP contribution in [0.25, 0.3) is 11.1 Å². The molecule has 0 N–H and O–H groups in total. The van der Waals surface area contributed by atoms with Gasteiger partial charge in [-0.1, -0.05) is 0 Å². The second-order valence-electron chi connectivity index (χ2n) is 5.74. The predicted octanol–water partition coefficient (Wildman–Crippen LogP) is 2.84. The van der Waals surface area contributed by atoms with Crippen molar-refractivity contribution in [3.8, 4) is 11.1 Å². The topological polar surface area (TPSA) is 30.0 Å². The van der Waals surface area contributed by atoms with Crippen molar-refractivity contribution in [3.63, 3.8) is 0 Å². The third-order valence-electron chi connectivity index (χ3n) is 3.44. The molecule has 3 heteroatoms. The third kappa shape index (κ3) is 1.70. The molecule has 0 saturated carbocycles. The van der Waals surface area contributed by atoms with Gasteiger partial charge in [0.25, 0.3) is 0 Å². The molecule has 0 fully saturated rings. The van der Waals surface area contributed by atoms with E-state index in [0.717, 1.165) is 16.7 Å². The van der Waals surface area contributed by atoms with Gasteiger partial charge in [-0.25, -0.2) is 0 Å². The molecule has 2 aromatic rings. The van der Waals surface area contributed by atoms with Crippen LogP contribution in [0.2, 0.25) is 14.8 Å². The second-order valence-corrected chi connectivity index (χ2v) is 20.2. The van der Waals surface area contributed by atoms with Gasteiger partial charge in [0.15, 0.2) is 0 Å². The first-order valence-electron chi connectivity index (χ1n) is 6.13. The van der Waals surface area contributed by atoms with Crippen molar-refractivity contribution >= 4 is 27.7 Å². The zero-order valence-electron chi connectivity index (χ0n) is 10.8. The quantitative estimate of drug-likeness (QED) is 0.636. The van der Waals surface area contributed by atoms with Crippen LogP contribution in [0.1, 0.15) is 16.1 Å². The van der Waals surface area contributed by atoms with Crippen LogP contribution in [-0.4, -0.2) is 29.1 Å². The number of rotatable bonds is 1. The average Bonchev–Trinajstić information content (AvgIpc) is 2.63. The Morgan fingerprint density at radius 1 is 1.00 bits per heavy atom. The van der Waals surface area contributed by atoms with Crippen molar-refractivity contribution in [1.82, 2.24) is 4.98 Å². The Hall–Kier alpha value is -1.16. The van der Waals surface area contributed by atoms with Crippen molar-refractivity contribution in [2.24, 2.45) is 0 Å². The zero-order valence-corrected chi connectivity index (χ0v) is 13.7. The van der Waals surface area contributed by atoms with Gasteiger partial charge in [0.2, 0.25) is 0 Å². The van der Waals surface area contributed by atoms with E-state index in [1.165, 1.54) is 3.58 Å². The van der Waals surface area contributed by atoms with Crippen LogP contribution in [0, 0.1) is 0 Å². The van der Waals surface area contributed by atoms with Crippen LogP contribution in [0.4, 0.5) is 0 Å². The standard InChI is InChI=1S/C12H6NO.3CH3.Sn/c14-12-10-5-2-1-4-8(10)9-6-3-7-13-11(9)12;;;;/h1,3-7H;3*1H3;. The van der Waals surface area contributed by atoms with Crippen LogP contribution in [-0.2, 0) is 0 Å². The number of pyridine rings is 1. The van der Waals surface area contributed by atoms with Gasteiger partial charge in [-0.2, -0.15) is 0 Å². The molecule has 0 saturated heterocycles. The first-order valence-corrected chi connectivity index (χ1v) is 16.1. The van der Waals surface area contributed by atoms with E-state index in [1.807, 2.05) is 12.1 Å². The second kappa shape index (κ2) is 3.92. The molecule has 1 aliphatic carbocycles. The van der Waals surface area contributed by atoms with Gasteiger partial charge in [-0.05, 0) is 0 Å². The number of aromatic nitrogens is 1. The molecule has 0 aliphatic heterocycles. The number of hydrogen-bond acceptors (Lipinski definition) is 2. The molecule has 1 aliphatic rings. The van der Waals surface area contributed by atoms with Gasteiger partial charge in [0.05, 0.1) is 0 Å². The van der Waals surface area contributed by atoms with Crippen LogP contribution in [0.5, 0.6) is 0 Å². The van der Waals surface area contributed by atoms with Crippen molar-refractivity contribution in [1.29, 1.82) is 0 Å². The monoisotopic (exact) mass is 345 g/mol. The fourth-order valence-electron chi connectivity index (χ4n) is 2.36. The zero-order chi connectivity index (χ0) is 12.9. The van der Waals surface area contributed by atoms with Crippen LogP contribution in [0.15, 0.2) is 36.5 Å². The maximum absolute atomic E-state index is 12.3. The summed E-state index contributed by atoms with van der Waals surface area (Å²) in [7, 11) is 0. The molecule has 0 spiro atoms. The van der Waals surface area contributed by atoms with E-state index >= 15 is 0 Å². The van der Waals surface area contributed by atoms with E-state index in [2.05, 4.69) is 38.0 Å². The van der Waals surface area contributed by atoms with Gasteiger partial charge in [-0.3, -0.25) is 0 Å². The maximum atomic E-state index is 12.3. The van der Waals surface area contributed by atoms with Crippen LogP contribution < -0.4 is 3.58 Å². The fourth-order valence-corrected chi connectivity index (χ4v) is 5.68. The minimum absolute atomic E-state index is 0.0815. The molecular formula is C15H15NOSn. The Kier molecular flexibility index (Phi) is 2.59. The van der Waals surface area contributed by atoms with Gasteiger partial charge in [-0.15, -0.1) is 0 Å². The number of carbonyl (C=O) groups excluding carboxylic acids is 1. The summed E-state index contributed by atoms with van der Waals surface area (Å²) < 4.78 is 1.39. The van der Waals surface area contributed by atoms with Crippen molar-refractivity contribution in [3.05, 3.63) is 47.8 Å². The van der Waals surface area contributed by atoms with E-state index < -0.39 is 18.4 Å². The molecule has 1 heterocycles. The number of carbonyl (C=O) groups is 1. The molecule has 0 atom stereocenters. The molecule has 1 aromatic carbocycles. The molecule has 18 heavy (non-hydrogen) atoms. The van der Waals surface area contributed by atoms with Crippen LogP contribution in [0.3, 0.4) is 0 Å². The summed E-state index contributed by atoms with van der Waals surface area (Å²) in [4.78, 5) is 23.6. The summed E-state index contributed by atoms with van der Waals surface area (Å²) in [5, 5.41) is 0. The molecule has 3 rings (SSSR count). The summed E-state index contributed by atoms with van der Waals surface area (Å²) in [5.74, 6) is 0.0815. The molecule has 0 unspecified atom stereocenters. The molecule has 90 valence electrons. The fraction of sp³-hybridized carbons (Fsp3) is 0.200. The number of hydrogen-bond donors (Lipinski definition) is 0. The van der Waals surface area contributed by atoms with Crippen LogP contribution >= 0.6 is 0 Å².